The normalized spacial score (nSPS) is 19.0. The number of carbonyl (C=O) groups is 1. The lowest BCUT2D eigenvalue weighted by atomic mass is 9.86. The van der Waals surface area contributed by atoms with E-state index in [2.05, 4.69) is 24.7 Å². The van der Waals surface area contributed by atoms with Crippen molar-refractivity contribution in [2.45, 2.75) is 76.4 Å². The summed E-state index contributed by atoms with van der Waals surface area (Å²) in [4.78, 5) is 44.5. The number of carboxylic acids is 1. The molecule has 0 unspecified atom stereocenters. The zero-order chi connectivity index (χ0) is 38.7. The van der Waals surface area contributed by atoms with Gasteiger partial charge in [-0.3, -0.25) is 14.7 Å². The molecule has 3 aliphatic rings. The molecule has 3 fully saturated rings. The maximum atomic E-state index is 14.3. The van der Waals surface area contributed by atoms with Gasteiger partial charge in [-0.1, -0.05) is 12.8 Å². The molecule has 0 aromatic carbocycles. The molecular weight excluding hydrogens is 715 g/mol. The third kappa shape index (κ3) is 8.86. The Balaban J connectivity index is 1.19. The number of ether oxygens (including phenoxy) is 2. The number of aliphatic carboxylic acids is 1. The molecule has 0 radical (unpaired) electrons. The number of nitrogens with one attached hydrogen (secondary N) is 1. The Morgan fingerprint density at radius 3 is 2.55 bits per heavy atom. The zero-order valence-corrected chi connectivity index (χ0v) is 31.7. The largest absolute Gasteiger partial charge is 0.481 e. The van der Waals surface area contributed by atoms with Crippen molar-refractivity contribution in [2.75, 3.05) is 76.5 Å². The first-order valence-electron chi connectivity index (χ1n) is 19.3. The van der Waals surface area contributed by atoms with E-state index in [4.69, 9.17) is 34.5 Å². The molecule has 2 saturated carbocycles. The van der Waals surface area contributed by atoms with Crippen LogP contribution in [0.25, 0.3) is 33.9 Å². The summed E-state index contributed by atoms with van der Waals surface area (Å²) in [5.74, 6) is 0.179. The van der Waals surface area contributed by atoms with Crippen molar-refractivity contribution < 1.29 is 32.5 Å². The molecule has 2 N–H and O–H groups in total. The number of H-pyrrole nitrogens is 1. The summed E-state index contributed by atoms with van der Waals surface area (Å²) in [6.45, 7) is 7.22. The molecule has 13 nitrogen and oxygen atoms in total. The number of anilines is 2. The monoisotopic (exact) mass is 765 g/mol. The van der Waals surface area contributed by atoms with Gasteiger partial charge in [0, 0.05) is 76.5 Å². The Morgan fingerprint density at radius 2 is 1.87 bits per heavy atom. The first-order chi connectivity index (χ1) is 26.5. The Morgan fingerprint density at radius 1 is 1.07 bits per heavy atom. The average Bonchev–Trinajstić information content (AvgIpc) is 3.76. The van der Waals surface area contributed by atoms with Gasteiger partial charge >= 0.3 is 12.1 Å². The van der Waals surface area contributed by atoms with Crippen molar-refractivity contribution in [3.63, 3.8) is 0 Å². The fraction of sp³-hybridized carbons (Fsp3) is 0.590. The first kappa shape index (κ1) is 38.8. The van der Waals surface area contributed by atoms with Crippen LogP contribution in [-0.2, 0) is 20.4 Å². The van der Waals surface area contributed by atoms with Gasteiger partial charge in [0.25, 0.3) is 0 Å². The fourth-order valence-electron chi connectivity index (χ4n) is 8.23. The highest BCUT2D eigenvalue weighted by Gasteiger charge is 2.40. The number of nitrogens with zero attached hydrogens (tertiary/aromatic N) is 8. The molecule has 1 aliphatic heterocycles. The molecule has 4 aromatic heterocycles. The summed E-state index contributed by atoms with van der Waals surface area (Å²) in [6, 6.07) is 3.08. The molecule has 2 aliphatic carbocycles. The lowest BCUT2D eigenvalue weighted by Gasteiger charge is -2.41. The summed E-state index contributed by atoms with van der Waals surface area (Å²) < 4.78 is 54.4. The molecule has 0 amide bonds. The van der Waals surface area contributed by atoms with E-state index in [-0.39, 0.29) is 35.1 Å². The van der Waals surface area contributed by atoms with Crippen molar-refractivity contribution in [1.82, 2.24) is 34.8 Å². The number of carboxylic acid groups (broad SMARTS) is 1. The maximum absolute atomic E-state index is 14.3. The number of aromatic nitrogens is 6. The minimum absolute atomic E-state index is 0.0478. The Kier molecular flexibility index (Phi) is 11.6. The van der Waals surface area contributed by atoms with Crippen LogP contribution < -0.4 is 9.80 Å². The van der Waals surface area contributed by atoms with Crippen LogP contribution in [0.4, 0.5) is 24.7 Å². The number of piperazine rings is 1. The van der Waals surface area contributed by atoms with Gasteiger partial charge in [-0.05, 0) is 57.7 Å². The number of rotatable bonds is 16. The van der Waals surface area contributed by atoms with Gasteiger partial charge in [0.1, 0.15) is 17.0 Å². The second-order valence-corrected chi connectivity index (χ2v) is 15.3. The van der Waals surface area contributed by atoms with E-state index in [0.29, 0.717) is 99.5 Å². The van der Waals surface area contributed by atoms with E-state index >= 15 is 0 Å². The van der Waals surface area contributed by atoms with Crippen molar-refractivity contribution in [3.05, 3.63) is 42.0 Å². The van der Waals surface area contributed by atoms with Gasteiger partial charge in [0.2, 0.25) is 0 Å². The van der Waals surface area contributed by atoms with Crippen LogP contribution in [-0.4, -0.2) is 119 Å². The number of pyridine rings is 2. The van der Waals surface area contributed by atoms with Gasteiger partial charge in [-0.15, -0.1) is 0 Å². The number of alkyl halides is 3. The third-order valence-corrected chi connectivity index (χ3v) is 11.2. The molecular formula is C39H50F3N9O4. The van der Waals surface area contributed by atoms with E-state index in [1.54, 1.807) is 19.5 Å². The molecule has 55 heavy (non-hydrogen) atoms. The number of halogens is 3. The Hall–Kier alpha value is -4.41. The predicted molar refractivity (Wildman–Crippen MR) is 202 cm³/mol. The minimum Gasteiger partial charge on any atom is -0.481 e. The number of hydrogen-bond acceptors (Lipinski definition) is 11. The zero-order valence-electron chi connectivity index (χ0n) is 31.7. The van der Waals surface area contributed by atoms with Crippen molar-refractivity contribution in [2.24, 2.45) is 5.41 Å². The van der Waals surface area contributed by atoms with Crippen molar-refractivity contribution in [1.29, 1.82) is 0 Å². The van der Waals surface area contributed by atoms with Crippen LogP contribution >= 0.6 is 0 Å². The lowest BCUT2D eigenvalue weighted by Crippen LogP contribution is -2.55. The number of imidazole rings is 1. The van der Waals surface area contributed by atoms with E-state index in [0.717, 1.165) is 37.9 Å². The number of methoxy groups -OCH3 is 1. The maximum Gasteiger partial charge on any atom is 0.418 e. The number of hydrogen-bond donors (Lipinski definition) is 2. The van der Waals surface area contributed by atoms with Crippen molar-refractivity contribution in [3.8, 4) is 22.8 Å². The topological polar surface area (TPSA) is 146 Å². The van der Waals surface area contributed by atoms with Crippen LogP contribution in [0.1, 0.15) is 75.5 Å². The van der Waals surface area contributed by atoms with Crippen LogP contribution in [0.5, 0.6) is 0 Å². The minimum atomic E-state index is -4.54. The van der Waals surface area contributed by atoms with Gasteiger partial charge in [-0.25, -0.2) is 19.9 Å². The van der Waals surface area contributed by atoms with E-state index in [1.807, 2.05) is 20.0 Å². The van der Waals surface area contributed by atoms with Gasteiger partial charge < -0.3 is 29.4 Å². The molecule has 7 rings (SSSR count). The standard InChI is InChI=1S/C39H50F3N9O4/c1-4-55-24-38(11-5-6-12-38)23-49(2)31-17-29(26-16-28(39(40,41)42)34(45-18-26)25-9-10-25)46-37-35(31)47-36(48-37)30-19-44-32(20-43-30)51-15-14-50(13-7-8-33(52)53)27(21-51)22-54-3/h16-20,25,27H,4-15,21-24H2,1-3H3,(H,52,53)(H,46,47,48)/t27-/m0/s1. The fourth-order valence-corrected chi connectivity index (χ4v) is 8.23. The van der Waals surface area contributed by atoms with Crippen LogP contribution in [0.2, 0.25) is 0 Å². The quantitative estimate of drug-likeness (QED) is 0.130. The SMILES string of the molecule is CCOCC1(CN(C)c2cc(-c3cnc(C4CC4)c(C(F)(F)F)c3)nc3nc(-c4cnc(N5CCN(CCCC(=O)O)[C@H](COC)C5)cn4)[nH]c23)CCCC1. The Bertz CT molecular complexity index is 1950. The van der Waals surface area contributed by atoms with Gasteiger partial charge in [-0.2, -0.15) is 13.2 Å². The second kappa shape index (κ2) is 16.4. The number of fused-ring (bicyclic) bond motifs is 1. The van der Waals surface area contributed by atoms with Crippen molar-refractivity contribution >= 4 is 28.6 Å². The summed E-state index contributed by atoms with van der Waals surface area (Å²) in [7, 11) is 3.66. The van der Waals surface area contributed by atoms with E-state index in [1.165, 1.54) is 12.3 Å². The summed E-state index contributed by atoms with van der Waals surface area (Å²) in [6.07, 6.45) is 6.74. The molecule has 0 spiro atoms. The first-order valence-corrected chi connectivity index (χ1v) is 19.3. The average molecular weight is 766 g/mol. The highest BCUT2D eigenvalue weighted by Crippen LogP contribution is 2.46. The lowest BCUT2D eigenvalue weighted by molar-refractivity contribution is -0.139. The molecule has 1 atom stereocenters. The summed E-state index contributed by atoms with van der Waals surface area (Å²) >= 11 is 0. The van der Waals surface area contributed by atoms with E-state index < -0.39 is 17.7 Å². The Labute approximate surface area is 318 Å². The smallest absolute Gasteiger partial charge is 0.418 e. The molecule has 0 bridgehead atoms. The van der Waals surface area contributed by atoms with Crippen LogP contribution in [0, 0.1) is 5.41 Å². The van der Waals surface area contributed by atoms with Crippen LogP contribution in [0.3, 0.4) is 0 Å². The molecule has 5 heterocycles. The van der Waals surface area contributed by atoms with E-state index in [9.17, 15) is 18.0 Å². The van der Waals surface area contributed by atoms with Crippen LogP contribution in [0.15, 0.2) is 30.7 Å². The second-order valence-electron chi connectivity index (χ2n) is 15.3. The summed E-state index contributed by atoms with van der Waals surface area (Å²) in [5, 5.41) is 9.07. The molecule has 296 valence electrons. The predicted octanol–water partition coefficient (Wildman–Crippen LogP) is 6.41. The highest BCUT2D eigenvalue weighted by atomic mass is 19.4. The highest BCUT2D eigenvalue weighted by molar-refractivity contribution is 5.91. The molecule has 4 aromatic rings. The third-order valence-electron chi connectivity index (χ3n) is 11.2. The molecule has 1 saturated heterocycles. The number of aromatic amines is 1. The van der Waals surface area contributed by atoms with Gasteiger partial charge in [0.05, 0.1) is 54.3 Å². The summed E-state index contributed by atoms with van der Waals surface area (Å²) in [5.41, 5.74) is 2.24. The van der Waals surface area contributed by atoms with Gasteiger partial charge in [0.15, 0.2) is 11.5 Å². The molecule has 16 heteroatoms.